The van der Waals surface area contributed by atoms with Crippen molar-refractivity contribution >= 4 is 21.6 Å². The molecule has 0 saturated heterocycles. The van der Waals surface area contributed by atoms with Crippen LogP contribution >= 0.6 is 0 Å². The molecule has 3 rings (SSSR count). The first-order chi connectivity index (χ1) is 16.8. The van der Waals surface area contributed by atoms with E-state index in [0.29, 0.717) is 11.3 Å². The highest BCUT2D eigenvalue weighted by Crippen LogP contribution is 2.32. The van der Waals surface area contributed by atoms with E-state index in [2.05, 4.69) is 30.0 Å². The van der Waals surface area contributed by atoms with Crippen molar-refractivity contribution in [2.24, 2.45) is 0 Å². The van der Waals surface area contributed by atoms with Gasteiger partial charge >= 0.3 is 0 Å². The summed E-state index contributed by atoms with van der Waals surface area (Å²) in [7, 11) is -2.23. The number of carbonyl (C=O) groups excluding carboxylic acids is 1. The van der Waals surface area contributed by atoms with Crippen molar-refractivity contribution < 1.29 is 17.9 Å². The van der Waals surface area contributed by atoms with Crippen molar-refractivity contribution in [1.82, 2.24) is 5.32 Å². The molecule has 0 aromatic heterocycles. The molecule has 0 saturated carbocycles. The van der Waals surface area contributed by atoms with E-state index in [1.54, 1.807) is 32.2 Å². The van der Waals surface area contributed by atoms with Crippen LogP contribution in [0.3, 0.4) is 0 Å². The molecule has 3 aromatic carbocycles. The minimum Gasteiger partial charge on any atom is -0.496 e. The summed E-state index contributed by atoms with van der Waals surface area (Å²) in [5.41, 5.74) is 6.30. The topological polar surface area (TPSA) is 84.5 Å². The highest BCUT2D eigenvalue weighted by Gasteiger charge is 2.22. The summed E-state index contributed by atoms with van der Waals surface area (Å²) in [5, 5.41) is 3.03. The van der Waals surface area contributed by atoms with E-state index < -0.39 is 10.0 Å². The van der Waals surface area contributed by atoms with Crippen LogP contribution in [0.25, 0.3) is 0 Å². The van der Waals surface area contributed by atoms with E-state index in [-0.39, 0.29) is 28.3 Å². The molecule has 6 nitrogen and oxygen atoms in total. The molecule has 3 aromatic rings. The van der Waals surface area contributed by atoms with Gasteiger partial charge in [-0.05, 0) is 98.7 Å². The molecule has 2 N–H and O–H groups in total. The van der Waals surface area contributed by atoms with Gasteiger partial charge in [0.15, 0.2) is 0 Å². The molecule has 0 aliphatic carbocycles. The summed E-state index contributed by atoms with van der Waals surface area (Å²) in [6, 6.07) is 14.0. The second kappa shape index (κ2) is 10.7. The summed E-state index contributed by atoms with van der Waals surface area (Å²) < 4.78 is 34.7. The zero-order valence-electron chi connectivity index (χ0n) is 22.3. The first kappa shape index (κ1) is 27.3. The predicted molar refractivity (Wildman–Crippen MR) is 146 cm³/mol. The van der Waals surface area contributed by atoms with Gasteiger partial charge in [-0.25, -0.2) is 8.42 Å². The number of amides is 1. The Labute approximate surface area is 215 Å². The Morgan fingerprint density at radius 1 is 0.833 bits per heavy atom. The smallest absolute Gasteiger partial charge is 0.262 e. The van der Waals surface area contributed by atoms with Crippen molar-refractivity contribution in [2.45, 2.75) is 65.3 Å². The van der Waals surface area contributed by atoms with Gasteiger partial charge in [-0.1, -0.05) is 37.6 Å². The molecule has 0 radical (unpaired) electrons. The van der Waals surface area contributed by atoms with Crippen LogP contribution in [0.5, 0.6) is 5.75 Å². The van der Waals surface area contributed by atoms with E-state index in [4.69, 9.17) is 4.74 Å². The van der Waals surface area contributed by atoms with Crippen molar-refractivity contribution in [3.63, 3.8) is 0 Å². The second-order valence-corrected chi connectivity index (χ2v) is 11.4. The Balaban J connectivity index is 1.88. The van der Waals surface area contributed by atoms with Gasteiger partial charge in [0.2, 0.25) is 0 Å². The number of aryl methyl sites for hydroxylation is 4. The van der Waals surface area contributed by atoms with Crippen molar-refractivity contribution in [3.05, 3.63) is 87.5 Å². The Bertz CT molecular complexity index is 1390. The highest BCUT2D eigenvalue weighted by atomic mass is 32.2. The number of methoxy groups -OCH3 is 1. The third kappa shape index (κ3) is 5.90. The Kier molecular flexibility index (Phi) is 8.14. The number of ether oxygens (including phenoxy) is 1. The summed E-state index contributed by atoms with van der Waals surface area (Å²) in [6.07, 6.45) is 0. The van der Waals surface area contributed by atoms with Crippen LogP contribution in [-0.2, 0) is 10.0 Å². The van der Waals surface area contributed by atoms with Gasteiger partial charge in [-0.3, -0.25) is 9.52 Å². The van der Waals surface area contributed by atoms with Gasteiger partial charge in [0.1, 0.15) is 5.75 Å². The lowest BCUT2D eigenvalue weighted by Crippen LogP contribution is -2.27. The molecule has 192 valence electrons. The fraction of sp³-hybridized carbons (Fsp3) is 0.345. The SMILES string of the molecule is COc1cc(C)c([C@@H](C)NC(=O)c2ccc(C)c(S(=O)(=O)Nc3ccc(C)cc3C)c2)cc1C(C)C. The van der Waals surface area contributed by atoms with Gasteiger partial charge in [-0.15, -0.1) is 0 Å². The van der Waals surface area contributed by atoms with Crippen LogP contribution in [0.15, 0.2) is 53.4 Å². The third-order valence-corrected chi connectivity index (χ3v) is 7.93. The molecule has 1 atom stereocenters. The average Bonchev–Trinajstić information content (AvgIpc) is 2.80. The molecular weight excluding hydrogens is 472 g/mol. The largest absolute Gasteiger partial charge is 0.496 e. The molecule has 0 heterocycles. The van der Waals surface area contributed by atoms with E-state index >= 15 is 0 Å². The highest BCUT2D eigenvalue weighted by molar-refractivity contribution is 7.92. The Morgan fingerprint density at radius 2 is 1.53 bits per heavy atom. The minimum atomic E-state index is -3.89. The second-order valence-electron chi connectivity index (χ2n) is 9.70. The van der Waals surface area contributed by atoms with Gasteiger partial charge in [-0.2, -0.15) is 0 Å². The number of hydrogen-bond acceptors (Lipinski definition) is 4. The quantitative estimate of drug-likeness (QED) is 0.372. The van der Waals surface area contributed by atoms with Crippen LogP contribution in [-0.4, -0.2) is 21.4 Å². The summed E-state index contributed by atoms with van der Waals surface area (Å²) in [5.74, 6) is 0.748. The van der Waals surface area contributed by atoms with Crippen molar-refractivity contribution in [1.29, 1.82) is 0 Å². The maximum atomic E-state index is 13.2. The Hall–Kier alpha value is -3.32. The molecule has 0 aliphatic rings. The van der Waals surface area contributed by atoms with Gasteiger partial charge in [0.05, 0.1) is 23.7 Å². The molecule has 0 unspecified atom stereocenters. The Morgan fingerprint density at radius 3 is 2.14 bits per heavy atom. The standard InChI is InChI=1S/C29H36N2O4S/c1-17(2)24-16-25(20(5)14-27(24)35-8)22(7)30-29(32)23-11-10-19(4)28(15-23)36(33,34)31-26-12-9-18(3)13-21(26)6/h9-17,22,31H,1-8H3,(H,30,32)/t22-/m1/s1. The summed E-state index contributed by atoms with van der Waals surface area (Å²) >= 11 is 0. The van der Waals surface area contributed by atoms with Gasteiger partial charge in [0.25, 0.3) is 15.9 Å². The number of anilines is 1. The van der Waals surface area contributed by atoms with Crippen LogP contribution in [0, 0.1) is 27.7 Å². The van der Waals surface area contributed by atoms with Crippen molar-refractivity contribution in [2.75, 3.05) is 11.8 Å². The fourth-order valence-electron chi connectivity index (χ4n) is 4.33. The fourth-order valence-corrected chi connectivity index (χ4v) is 5.73. The van der Waals surface area contributed by atoms with Crippen LogP contribution in [0.4, 0.5) is 5.69 Å². The number of nitrogens with one attached hydrogen (secondary N) is 2. The van der Waals surface area contributed by atoms with E-state index in [1.165, 1.54) is 6.07 Å². The number of carbonyl (C=O) groups is 1. The lowest BCUT2D eigenvalue weighted by molar-refractivity contribution is 0.0939. The lowest BCUT2D eigenvalue weighted by Gasteiger charge is -2.21. The van der Waals surface area contributed by atoms with Crippen LogP contribution in [0.2, 0.25) is 0 Å². The maximum Gasteiger partial charge on any atom is 0.262 e. The van der Waals surface area contributed by atoms with E-state index in [0.717, 1.165) is 33.6 Å². The average molecular weight is 509 g/mol. The predicted octanol–water partition coefficient (Wildman–Crippen LogP) is 6.34. The van der Waals surface area contributed by atoms with E-state index in [1.807, 2.05) is 45.9 Å². The number of benzene rings is 3. The molecule has 0 bridgehead atoms. The molecule has 36 heavy (non-hydrogen) atoms. The van der Waals surface area contributed by atoms with Crippen LogP contribution < -0.4 is 14.8 Å². The first-order valence-electron chi connectivity index (χ1n) is 12.0. The number of sulfonamides is 1. The monoisotopic (exact) mass is 508 g/mol. The van der Waals surface area contributed by atoms with Gasteiger partial charge < -0.3 is 10.1 Å². The third-order valence-electron chi connectivity index (χ3n) is 6.42. The molecule has 0 fully saturated rings. The molecule has 1 amide bonds. The lowest BCUT2D eigenvalue weighted by atomic mass is 9.93. The molecule has 7 heteroatoms. The summed E-state index contributed by atoms with van der Waals surface area (Å²) in [6.45, 7) is 13.6. The number of hydrogen-bond donors (Lipinski definition) is 2. The van der Waals surface area contributed by atoms with E-state index in [9.17, 15) is 13.2 Å². The first-order valence-corrected chi connectivity index (χ1v) is 13.5. The zero-order valence-corrected chi connectivity index (χ0v) is 23.1. The normalized spacial score (nSPS) is 12.4. The minimum absolute atomic E-state index is 0.0745. The zero-order chi connectivity index (χ0) is 26.8. The molecule has 0 aliphatic heterocycles. The van der Waals surface area contributed by atoms with Crippen LogP contribution in [0.1, 0.15) is 76.5 Å². The number of rotatable bonds is 8. The van der Waals surface area contributed by atoms with Gasteiger partial charge in [0, 0.05) is 5.56 Å². The summed E-state index contributed by atoms with van der Waals surface area (Å²) in [4.78, 5) is 13.2. The molecular formula is C29H36N2O4S. The molecule has 0 spiro atoms. The maximum absolute atomic E-state index is 13.2. The van der Waals surface area contributed by atoms with Crippen molar-refractivity contribution in [3.8, 4) is 5.75 Å².